The zero-order chi connectivity index (χ0) is 24.8. The van der Waals surface area contributed by atoms with Gasteiger partial charge in [-0.15, -0.1) is 0 Å². The molecule has 2 N–H and O–H groups in total. The summed E-state index contributed by atoms with van der Waals surface area (Å²) >= 11 is 0. The van der Waals surface area contributed by atoms with Gasteiger partial charge in [0.25, 0.3) is 11.8 Å². The molecule has 0 bridgehead atoms. The highest BCUT2D eigenvalue weighted by Crippen LogP contribution is 2.33. The summed E-state index contributed by atoms with van der Waals surface area (Å²) in [5, 5.41) is 4.36. The Morgan fingerprint density at radius 1 is 1.06 bits per heavy atom. The predicted octanol–water partition coefficient (Wildman–Crippen LogP) is 2.46. The van der Waals surface area contributed by atoms with Crippen molar-refractivity contribution in [2.45, 2.75) is 25.0 Å². The fraction of sp³-hybridized carbons (Fsp3) is 0.292. The summed E-state index contributed by atoms with van der Waals surface area (Å²) in [6.45, 7) is 3.62. The maximum absolute atomic E-state index is 13.6. The molecule has 0 fully saturated rings. The van der Waals surface area contributed by atoms with Crippen molar-refractivity contribution >= 4 is 27.3 Å². The van der Waals surface area contributed by atoms with Crippen LogP contribution in [0, 0.1) is 0 Å². The number of nitrogens with two attached hydrogens (primary N) is 1. The predicted molar refractivity (Wildman–Crippen MR) is 128 cm³/mol. The molecule has 0 unspecified atom stereocenters. The van der Waals surface area contributed by atoms with Crippen LogP contribution in [-0.4, -0.2) is 49.9 Å². The summed E-state index contributed by atoms with van der Waals surface area (Å²) in [5.74, 6) is -0.380. The minimum atomic E-state index is -3.34. The third-order valence-electron chi connectivity index (χ3n) is 6.37. The molecule has 34 heavy (non-hydrogen) atoms. The average molecular weight is 483 g/mol. The molecule has 0 aliphatic carbocycles. The van der Waals surface area contributed by atoms with Gasteiger partial charge in [0.15, 0.2) is 15.5 Å². The number of ether oxygens (including phenoxy) is 1. The van der Waals surface area contributed by atoms with Gasteiger partial charge >= 0.3 is 0 Å². The van der Waals surface area contributed by atoms with Crippen LogP contribution in [0.15, 0.2) is 48.5 Å². The maximum Gasteiger partial charge on any atom is 0.277 e. The normalized spacial score (nSPS) is 14.1. The summed E-state index contributed by atoms with van der Waals surface area (Å²) in [5.41, 5.74) is 8.24. The van der Waals surface area contributed by atoms with Crippen LogP contribution in [0.2, 0.25) is 0 Å². The van der Waals surface area contributed by atoms with Crippen LogP contribution in [0.3, 0.4) is 0 Å². The molecule has 1 aromatic heterocycles. The van der Waals surface area contributed by atoms with E-state index in [9.17, 15) is 18.0 Å². The molecule has 0 saturated carbocycles. The quantitative estimate of drug-likeness (QED) is 0.575. The summed E-state index contributed by atoms with van der Waals surface area (Å²) in [6.07, 6.45) is 1.60. The van der Waals surface area contributed by atoms with Gasteiger partial charge in [-0.1, -0.05) is 12.1 Å². The molecule has 2 amide bonds. The van der Waals surface area contributed by atoms with E-state index in [1.807, 2.05) is 0 Å². The number of aromatic nitrogens is 2. The van der Waals surface area contributed by atoms with Crippen LogP contribution in [0.4, 0.5) is 5.69 Å². The molecule has 0 spiro atoms. The number of carbonyl (C=O) groups is 2. The van der Waals surface area contributed by atoms with E-state index in [1.165, 1.54) is 10.9 Å². The first kappa shape index (κ1) is 23.5. The smallest absolute Gasteiger partial charge is 0.277 e. The second kappa shape index (κ2) is 8.28. The Morgan fingerprint density at radius 2 is 1.65 bits per heavy atom. The van der Waals surface area contributed by atoms with E-state index in [-0.39, 0.29) is 17.3 Å². The van der Waals surface area contributed by atoms with Crippen molar-refractivity contribution in [1.82, 2.24) is 9.78 Å². The number of benzene rings is 2. The van der Waals surface area contributed by atoms with Crippen LogP contribution in [0.25, 0.3) is 5.69 Å². The summed E-state index contributed by atoms with van der Waals surface area (Å²) < 4.78 is 29.9. The highest BCUT2D eigenvalue weighted by atomic mass is 32.2. The van der Waals surface area contributed by atoms with Gasteiger partial charge in [0.05, 0.1) is 17.5 Å². The molecule has 10 heteroatoms. The lowest BCUT2D eigenvalue weighted by molar-refractivity contribution is 0.0972. The Labute approximate surface area is 198 Å². The van der Waals surface area contributed by atoms with Crippen LogP contribution >= 0.6 is 0 Å². The van der Waals surface area contributed by atoms with Gasteiger partial charge in [-0.25, -0.2) is 13.1 Å². The second-order valence-corrected chi connectivity index (χ2v) is 11.3. The fourth-order valence-electron chi connectivity index (χ4n) is 3.97. The van der Waals surface area contributed by atoms with Gasteiger partial charge in [-0.3, -0.25) is 9.59 Å². The molecular weight excluding hydrogens is 456 g/mol. The Hall–Kier alpha value is -3.66. The first-order chi connectivity index (χ1) is 16.0. The molecule has 0 atom stereocenters. The standard InChI is InChI=1S/C24H26N4O5S/c1-24(2,34(4,31)32)15-5-7-16(8-6-15)27-14-13-19-20(22(25)29)26-28(21(19)23(27)30)17-9-11-18(33-3)12-10-17/h5-12H,13-14H2,1-4H3,(H2,25,29). The van der Waals surface area contributed by atoms with Crippen LogP contribution in [0.5, 0.6) is 5.75 Å². The molecule has 3 aromatic rings. The number of rotatable bonds is 6. The lowest BCUT2D eigenvalue weighted by atomic mass is 10.00. The van der Waals surface area contributed by atoms with E-state index >= 15 is 0 Å². The highest BCUT2D eigenvalue weighted by molar-refractivity contribution is 7.91. The molecule has 4 rings (SSSR count). The topological polar surface area (TPSA) is 125 Å². The van der Waals surface area contributed by atoms with Gasteiger partial charge in [-0.2, -0.15) is 5.10 Å². The first-order valence-electron chi connectivity index (χ1n) is 10.6. The third kappa shape index (κ3) is 3.83. The second-order valence-electron chi connectivity index (χ2n) is 8.69. The van der Waals surface area contributed by atoms with E-state index in [0.717, 1.165) is 0 Å². The minimum Gasteiger partial charge on any atom is -0.497 e. The van der Waals surface area contributed by atoms with Crippen molar-refractivity contribution in [3.05, 3.63) is 71.0 Å². The molecule has 1 aliphatic rings. The van der Waals surface area contributed by atoms with Gasteiger partial charge in [-0.05, 0) is 62.2 Å². The van der Waals surface area contributed by atoms with E-state index in [2.05, 4.69) is 5.10 Å². The number of sulfone groups is 1. The van der Waals surface area contributed by atoms with Crippen molar-refractivity contribution in [3.63, 3.8) is 0 Å². The van der Waals surface area contributed by atoms with Crippen LogP contribution in [0.1, 0.15) is 46.0 Å². The Bertz CT molecular complexity index is 1370. The fourth-order valence-corrected chi connectivity index (χ4v) is 4.54. The third-order valence-corrected chi connectivity index (χ3v) is 8.46. The number of nitrogens with zero attached hydrogens (tertiary/aromatic N) is 3. The van der Waals surface area contributed by atoms with Crippen molar-refractivity contribution in [2.24, 2.45) is 5.73 Å². The van der Waals surface area contributed by atoms with Crippen molar-refractivity contribution < 1.29 is 22.7 Å². The highest BCUT2D eigenvalue weighted by Gasteiger charge is 2.36. The number of carbonyl (C=O) groups excluding carboxylic acids is 2. The molecule has 9 nitrogen and oxygen atoms in total. The number of amides is 2. The maximum atomic E-state index is 13.6. The van der Waals surface area contributed by atoms with Crippen LogP contribution < -0.4 is 15.4 Å². The van der Waals surface area contributed by atoms with Gasteiger partial charge in [0.1, 0.15) is 11.4 Å². The molecule has 178 valence electrons. The van der Waals surface area contributed by atoms with E-state index in [4.69, 9.17) is 10.5 Å². The van der Waals surface area contributed by atoms with Crippen LogP contribution in [-0.2, 0) is 21.0 Å². The molecule has 0 radical (unpaired) electrons. The average Bonchev–Trinajstić information content (AvgIpc) is 3.20. The number of hydrogen-bond acceptors (Lipinski definition) is 6. The number of primary amides is 1. The summed E-state index contributed by atoms with van der Waals surface area (Å²) in [6, 6.07) is 13.9. The summed E-state index contributed by atoms with van der Waals surface area (Å²) in [4.78, 5) is 27.2. The molecule has 0 saturated heterocycles. The number of methoxy groups -OCH3 is 1. The Morgan fingerprint density at radius 3 is 2.18 bits per heavy atom. The number of hydrogen-bond donors (Lipinski definition) is 1. The monoisotopic (exact) mass is 482 g/mol. The SMILES string of the molecule is COc1ccc(-n2nc(C(N)=O)c3c2C(=O)N(c2ccc(C(C)(C)S(C)(=O)=O)cc2)CC3)cc1. The minimum absolute atomic E-state index is 0.0732. The zero-order valence-corrected chi connectivity index (χ0v) is 20.2. The number of fused-ring (bicyclic) bond motifs is 1. The molecule has 2 aromatic carbocycles. The van der Waals surface area contributed by atoms with Crippen molar-refractivity contribution in [1.29, 1.82) is 0 Å². The van der Waals surface area contributed by atoms with Gasteiger partial charge in [0.2, 0.25) is 0 Å². The molecule has 2 heterocycles. The van der Waals surface area contributed by atoms with Gasteiger partial charge in [0, 0.05) is 24.1 Å². The number of anilines is 1. The van der Waals surface area contributed by atoms with E-state index in [1.54, 1.807) is 74.4 Å². The van der Waals surface area contributed by atoms with E-state index in [0.29, 0.717) is 41.2 Å². The lowest BCUT2D eigenvalue weighted by Gasteiger charge is -2.29. The largest absolute Gasteiger partial charge is 0.497 e. The summed E-state index contributed by atoms with van der Waals surface area (Å²) in [7, 11) is -1.78. The van der Waals surface area contributed by atoms with Crippen molar-refractivity contribution in [2.75, 3.05) is 24.8 Å². The molecular formula is C24H26N4O5S. The lowest BCUT2D eigenvalue weighted by Crippen LogP contribution is -2.39. The molecule has 1 aliphatic heterocycles. The first-order valence-corrected chi connectivity index (χ1v) is 12.5. The zero-order valence-electron chi connectivity index (χ0n) is 19.4. The Kier molecular flexibility index (Phi) is 5.72. The van der Waals surface area contributed by atoms with Gasteiger partial charge < -0.3 is 15.4 Å². The van der Waals surface area contributed by atoms with E-state index < -0.39 is 20.5 Å². The van der Waals surface area contributed by atoms with Crippen molar-refractivity contribution in [3.8, 4) is 11.4 Å². The Balaban J connectivity index is 1.75.